The molecule has 0 saturated heterocycles. The van der Waals surface area contributed by atoms with Crippen molar-refractivity contribution >= 4 is 23.8 Å². The molecule has 0 aromatic heterocycles. The molecule has 2 amide bonds. The van der Waals surface area contributed by atoms with Crippen molar-refractivity contribution in [3.63, 3.8) is 0 Å². The number of aryl methyl sites for hydroxylation is 1. The van der Waals surface area contributed by atoms with Crippen LogP contribution >= 0.6 is 0 Å². The summed E-state index contributed by atoms with van der Waals surface area (Å²) in [7, 11) is 0. The maximum Gasteiger partial charge on any atom is 0.317 e. The Morgan fingerprint density at radius 2 is 1.41 bits per heavy atom. The lowest BCUT2D eigenvalue weighted by Gasteiger charge is -2.25. The molecular formula is C28H40N6O7. The minimum absolute atomic E-state index is 0.0320. The van der Waals surface area contributed by atoms with Crippen molar-refractivity contribution < 1.29 is 34.2 Å². The summed E-state index contributed by atoms with van der Waals surface area (Å²) in [4.78, 5) is 55.0. The Hall–Kier alpha value is -3.88. The second-order valence-corrected chi connectivity index (χ2v) is 9.54. The monoisotopic (exact) mass is 572 g/mol. The summed E-state index contributed by atoms with van der Waals surface area (Å²) in [6.45, 7) is 0.773. The number of rotatable bonds is 20. The van der Waals surface area contributed by atoms with E-state index in [0.29, 0.717) is 19.4 Å². The average molecular weight is 573 g/mol. The quantitative estimate of drug-likeness (QED) is 0.112. The van der Waals surface area contributed by atoms with Gasteiger partial charge in [-0.2, -0.15) is 0 Å². The molecule has 0 aliphatic rings. The van der Waals surface area contributed by atoms with E-state index >= 15 is 0 Å². The highest BCUT2D eigenvalue weighted by atomic mass is 16.6. The molecule has 8 N–H and O–H groups in total. The molecule has 41 heavy (non-hydrogen) atoms. The van der Waals surface area contributed by atoms with Crippen LogP contribution in [-0.2, 0) is 43.6 Å². The summed E-state index contributed by atoms with van der Waals surface area (Å²) in [6, 6.07) is 16.4. The van der Waals surface area contributed by atoms with E-state index in [-0.39, 0.29) is 51.1 Å². The lowest BCUT2D eigenvalue weighted by molar-refractivity contribution is -0.142. The fourth-order valence-corrected chi connectivity index (χ4v) is 3.91. The largest absolute Gasteiger partial charge is 0.480 e. The third-order valence-electron chi connectivity index (χ3n) is 6.11. The predicted octanol–water partition coefficient (Wildman–Crippen LogP) is -0.457. The van der Waals surface area contributed by atoms with E-state index in [9.17, 15) is 19.2 Å². The summed E-state index contributed by atoms with van der Waals surface area (Å²) < 4.78 is 0. The Bertz CT molecular complexity index is 1080. The number of carboxylic acids is 2. The number of carboxylic acid groups (broad SMARTS) is 2. The molecule has 13 heteroatoms. The normalized spacial score (nSPS) is 11.8. The van der Waals surface area contributed by atoms with E-state index in [4.69, 9.17) is 26.5 Å². The molecule has 2 rings (SSSR count). The maximum absolute atomic E-state index is 12.5. The SMILES string of the molecule is NCCN(CCN(CC(=O)O)CC(=O)O)CC(=O)NCc1ccc(CONC(=O)[C@H](N)CCc2ccccc2)cc1. The molecule has 0 aliphatic heterocycles. The van der Waals surface area contributed by atoms with Crippen molar-refractivity contribution in [2.45, 2.75) is 32.0 Å². The van der Waals surface area contributed by atoms with Gasteiger partial charge in [0.1, 0.15) is 0 Å². The Balaban J connectivity index is 1.71. The number of carbonyl (C=O) groups excluding carboxylic acids is 2. The van der Waals surface area contributed by atoms with E-state index in [1.807, 2.05) is 54.6 Å². The first-order valence-corrected chi connectivity index (χ1v) is 13.3. The molecule has 13 nitrogen and oxygen atoms in total. The molecule has 224 valence electrons. The van der Waals surface area contributed by atoms with Gasteiger partial charge < -0.3 is 27.0 Å². The van der Waals surface area contributed by atoms with Gasteiger partial charge in [0.15, 0.2) is 0 Å². The minimum Gasteiger partial charge on any atom is -0.480 e. The number of aliphatic carboxylic acids is 2. The first-order chi connectivity index (χ1) is 19.7. The highest BCUT2D eigenvalue weighted by molar-refractivity contribution is 5.80. The molecule has 2 aromatic rings. The number of hydrogen-bond donors (Lipinski definition) is 6. The molecular weight excluding hydrogens is 532 g/mol. The minimum atomic E-state index is -1.13. The maximum atomic E-state index is 12.5. The van der Waals surface area contributed by atoms with Gasteiger partial charge in [-0.3, -0.25) is 33.8 Å². The smallest absolute Gasteiger partial charge is 0.317 e. The average Bonchev–Trinajstić information content (AvgIpc) is 2.94. The van der Waals surface area contributed by atoms with Crippen molar-refractivity contribution in [1.29, 1.82) is 0 Å². The Morgan fingerprint density at radius 3 is 2.02 bits per heavy atom. The summed E-state index contributed by atoms with van der Waals surface area (Å²) in [5, 5.41) is 20.8. The first kappa shape index (κ1) is 33.3. The number of hydrogen-bond acceptors (Lipinski definition) is 9. The molecule has 0 bridgehead atoms. The first-order valence-electron chi connectivity index (χ1n) is 13.3. The second-order valence-electron chi connectivity index (χ2n) is 9.54. The zero-order valence-corrected chi connectivity index (χ0v) is 23.0. The number of nitrogens with two attached hydrogens (primary N) is 2. The highest BCUT2D eigenvalue weighted by Gasteiger charge is 2.17. The van der Waals surface area contributed by atoms with Crippen LogP contribution in [0, 0.1) is 0 Å². The van der Waals surface area contributed by atoms with Gasteiger partial charge in [-0.05, 0) is 29.5 Å². The molecule has 0 unspecified atom stereocenters. The van der Waals surface area contributed by atoms with E-state index < -0.39 is 31.1 Å². The molecule has 0 heterocycles. The Morgan fingerprint density at radius 1 is 0.805 bits per heavy atom. The molecule has 0 fully saturated rings. The van der Waals surface area contributed by atoms with Crippen LogP contribution in [0.15, 0.2) is 54.6 Å². The third kappa shape index (κ3) is 14.4. The van der Waals surface area contributed by atoms with Crippen molar-refractivity contribution in [3.8, 4) is 0 Å². The molecule has 2 aromatic carbocycles. The van der Waals surface area contributed by atoms with E-state index in [1.165, 1.54) is 4.90 Å². The van der Waals surface area contributed by atoms with Gasteiger partial charge >= 0.3 is 11.9 Å². The number of carbonyl (C=O) groups is 4. The third-order valence-corrected chi connectivity index (χ3v) is 6.11. The Labute approximate surface area is 239 Å². The van der Waals surface area contributed by atoms with Crippen LogP contribution in [0.1, 0.15) is 23.1 Å². The van der Waals surface area contributed by atoms with Gasteiger partial charge in [0, 0.05) is 32.7 Å². The number of amides is 2. The molecule has 1 atom stereocenters. The molecule has 0 radical (unpaired) electrons. The van der Waals surface area contributed by atoms with Crippen molar-refractivity contribution in [2.75, 3.05) is 45.8 Å². The van der Waals surface area contributed by atoms with E-state index in [2.05, 4.69) is 10.8 Å². The van der Waals surface area contributed by atoms with Crippen LogP contribution in [0.3, 0.4) is 0 Å². The van der Waals surface area contributed by atoms with Crippen LogP contribution in [-0.4, -0.2) is 95.6 Å². The molecule has 0 saturated carbocycles. The Kier molecular flexibility index (Phi) is 15.0. The number of nitrogens with one attached hydrogen (secondary N) is 2. The number of hydroxylamine groups is 1. The van der Waals surface area contributed by atoms with Gasteiger partial charge in [-0.25, -0.2) is 5.48 Å². The molecule has 0 spiro atoms. The van der Waals surface area contributed by atoms with Gasteiger partial charge in [0.05, 0.1) is 32.3 Å². The van der Waals surface area contributed by atoms with E-state index in [1.54, 1.807) is 4.90 Å². The van der Waals surface area contributed by atoms with Crippen LogP contribution in [0.5, 0.6) is 0 Å². The van der Waals surface area contributed by atoms with Gasteiger partial charge in [-0.15, -0.1) is 0 Å². The predicted molar refractivity (Wildman–Crippen MR) is 151 cm³/mol. The van der Waals surface area contributed by atoms with Crippen LogP contribution in [0.4, 0.5) is 0 Å². The zero-order chi connectivity index (χ0) is 30.0. The van der Waals surface area contributed by atoms with Gasteiger partial charge in [-0.1, -0.05) is 54.6 Å². The van der Waals surface area contributed by atoms with Crippen molar-refractivity contribution in [2.24, 2.45) is 11.5 Å². The summed E-state index contributed by atoms with van der Waals surface area (Å²) in [5.41, 5.74) is 16.8. The van der Waals surface area contributed by atoms with Gasteiger partial charge in [0.2, 0.25) is 5.91 Å². The summed E-state index contributed by atoms with van der Waals surface area (Å²) in [5.74, 6) is -2.90. The van der Waals surface area contributed by atoms with E-state index in [0.717, 1.165) is 16.7 Å². The second kappa shape index (κ2) is 18.5. The van der Waals surface area contributed by atoms with Gasteiger partial charge in [0.25, 0.3) is 5.91 Å². The fourth-order valence-electron chi connectivity index (χ4n) is 3.91. The van der Waals surface area contributed by atoms with Crippen molar-refractivity contribution in [3.05, 3.63) is 71.3 Å². The summed E-state index contributed by atoms with van der Waals surface area (Å²) >= 11 is 0. The van der Waals surface area contributed by atoms with Crippen LogP contribution < -0.4 is 22.3 Å². The van der Waals surface area contributed by atoms with Crippen LogP contribution in [0.25, 0.3) is 0 Å². The lowest BCUT2D eigenvalue weighted by Crippen LogP contribution is -2.45. The topological polar surface area (TPSA) is 201 Å². The molecule has 0 aliphatic carbocycles. The zero-order valence-electron chi connectivity index (χ0n) is 23.0. The number of benzene rings is 2. The standard InChI is InChI=1S/C28H40N6O7/c29-12-13-33(14-15-34(18-26(36)37)19-27(38)39)17-25(35)31-16-22-6-8-23(9-7-22)20-41-32-28(40)24(30)11-10-21-4-2-1-3-5-21/h1-9,24H,10-20,29-30H2,(H,31,35)(H,32,40)(H,36,37)(H,38,39)/t24-/m1/s1. The lowest BCUT2D eigenvalue weighted by atomic mass is 10.1. The highest BCUT2D eigenvalue weighted by Crippen LogP contribution is 2.07. The van der Waals surface area contributed by atoms with Crippen LogP contribution in [0.2, 0.25) is 0 Å². The van der Waals surface area contributed by atoms with Crippen molar-refractivity contribution in [1.82, 2.24) is 20.6 Å². The summed E-state index contributed by atoms with van der Waals surface area (Å²) in [6.07, 6.45) is 1.19. The number of nitrogens with zero attached hydrogens (tertiary/aromatic N) is 2. The fraction of sp³-hybridized carbons (Fsp3) is 0.429.